The third-order valence-corrected chi connectivity index (χ3v) is 11.9. The molecular weight excluding hydrogens is 777 g/mol. The summed E-state index contributed by atoms with van der Waals surface area (Å²) in [6.07, 6.45) is 25.4. The fourth-order valence-electron chi connectivity index (χ4n) is 7.12. The van der Waals surface area contributed by atoms with Gasteiger partial charge in [0.2, 0.25) is 5.91 Å². The van der Waals surface area contributed by atoms with Crippen LogP contribution in [0.1, 0.15) is 181 Å². The van der Waals surface area contributed by atoms with Gasteiger partial charge in [0.05, 0.1) is 31.3 Å². The summed E-state index contributed by atoms with van der Waals surface area (Å²) in [5.74, 6) is -0.615. The molecule has 0 radical (unpaired) electrons. The molecule has 0 spiro atoms. The number of hydrogen-bond donors (Lipinski definition) is 9. The van der Waals surface area contributed by atoms with E-state index in [1.165, 1.54) is 96.0 Å². The lowest BCUT2D eigenvalue weighted by molar-refractivity contribution is -0.220. The largest absolute Gasteiger partial charge is 0.472 e. The maximum Gasteiger partial charge on any atom is 0.472 e. The zero-order valence-corrected chi connectivity index (χ0v) is 37.3. The molecule has 14 heteroatoms. The molecule has 8 atom stereocenters. The predicted molar refractivity (Wildman–Crippen MR) is 233 cm³/mol. The summed E-state index contributed by atoms with van der Waals surface area (Å²) < 4.78 is 22.8. The number of unbranched alkanes of at least 4 members (excludes halogenated alkanes) is 20. The van der Waals surface area contributed by atoms with Crippen LogP contribution < -0.4 is 5.32 Å². The average molecular weight is 862 g/mol. The summed E-state index contributed by atoms with van der Waals surface area (Å²) >= 11 is 0. The second kappa shape index (κ2) is 35.0. The maximum absolute atomic E-state index is 12.9. The van der Waals surface area contributed by atoms with Crippen LogP contribution >= 0.6 is 7.82 Å². The molecule has 1 rings (SSSR count). The van der Waals surface area contributed by atoms with Crippen LogP contribution in [0.3, 0.4) is 0 Å². The number of phosphoric ester groups is 1. The number of carbonyl (C=O) groups is 1. The van der Waals surface area contributed by atoms with E-state index in [4.69, 9.17) is 9.05 Å². The summed E-state index contributed by atoms with van der Waals surface area (Å²) in [5, 5.41) is 74.2. The highest BCUT2D eigenvalue weighted by molar-refractivity contribution is 7.47. The smallest absolute Gasteiger partial charge is 0.393 e. The Labute approximate surface area is 356 Å². The van der Waals surface area contributed by atoms with E-state index in [9.17, 15) is 50.0 Å². The third kappa shape index (κ3) is 27.2. The molecular formula is C45H84NO12P. The van der Waals surface area contributed by atoms with Crippen molar-refractivity contribution in [1.29, 1.82) is 0 Å². The lowest BCUT2D eigenvalue weighted by Gasteiger charge is -2.41. The highest BCUT2D eigenvalue weighted by Gasteiger charge is 2.51. The quantitative estimate of drug-likeness (QED) is 0.0170. The number of nitrogens with one attached hydrogen (secondary N) is 1. The van der Waals surface area contributed by atoms with Crippen LogP contribution in [0.5, 0.6) is 0 Å². The number of hydrogen-bond acceptors (Lipinski definition) is 11. The van der Waals surface area contributed by atoms with E-state index in [0.717, 1.165) is 57.8 Å². The molecule has 0 heterocycles. The third-order valence-electron chi connectivity index (χ3n) is 10.9. The Morgan fingerprint density at radius 1 is 0.593 bits per heavy atom. The van der Waals surface area contributed by atoms with Gasteiger partial charge in [0.25, 0.3) is 0 Å². The lowest BCUT2D eigenvalue weighted by atomic mass is 9.85. The summed E-state index contributed by atoms with van der Waals surface area (Å²) in [6.45, 7) is 3.66. The van der Waals surface area contributed by atoms with E-state index in [0.29, 0.717) is 12.8 Å². The molecule has 9 N–H and O–H groups in total. The van der Waals surface area contributed by atoms with Gasteiger partial charge in [-0.25, -0.2) is 4.57 Å². The highest BCUT2D eigenvalue weighted by Crippen LogP contribution is 2.47. The summed E-state index contributed by atoms with van der Waals surface area (Å²) in [4.78, 5) is 23.3. The first kappa shape index (κ1) is 55.5. The Balaban J connectivity index is 2.56. The van der Waals surface area contributed by atoms with Crippen LogP contribution in [0.2, 0.25) is 0 Å². The van der Waals surface area contributed by atoms with Crippen molar-refractivity contribution in [3.05, 3.63) is 36.5 Å². The van der Waals surface area contributed by atoms with Gasteiger partial charge in [0.1, 0.15) is 36.6 Å². The van der Waals surface area contributed by atoms with Gasteiger partial charge in [-0.1, -0.05) is 159 Å². The molecule has 1 saturated carbocycles. The van der Waals surface area contributed by atoms with E-state index in [1.807, 2.05) is 0 Å². The fourth-order valence-corrected chi connectivity index (χ4v) is 8.09. The normalized spacial score (nSPS) is 23.9. The van der Waals surface area contributed by atoms with Gasteiger partial charge in [-0.05, 0) is 51.4 Å². The Bertz CT molecular complexity index is 1160. The minimum absolute atomic E-state index is 0.264. The van der Waals surface area contributed by atoms with Crippen LogP contribution in [-0.2, 0) is 18.4 Å². The molecule has 0 aromatic heterocycles. The molecule has 8 unspecified atom stereocenters. The van der Waals surface area contributed by atoms with E-state index >= 15 is 0 Å². The van der Waals surface area contributed by atoms with Gasteiger partial charge >= 0.3 is 7.82 Å². The predicted octanol–water partition coefficient (Wildman–Crippen LogP) is 7.36. The molecule has 0 bridgehead atoms. The van der Waals surface area contributed by atoms with Gasteiger partial charge in [-0.2, -0.15) is 0 Å². The standard InChI is InChI=1S/C45H84NO12P/c1-3-5-7-9-11-13-14-15-16-17-18-19-20-21-22-23-25-27-29-31-33-38(48)37(46-39(49)34-36(47)32-30-28-26-24-12-10-8-6-4-2)35-57-59(55,56)58-45-43(53)41(51)40(50)42(52)44(45)54/h10,12,23,25,31,33,36-38,40-45,47-48,50-54H,3-9,11,13-22,24,26-30,32,34-35H2,1-2H3,(H,46,49)(H,55,56)/b12-10-,25-23+,33-31+. The second-order valence-electron chi connectivity index (χ2n) is 16.4. The monoisotopic (exact) mass is 862 g/mol. The van der Waals surface area contributed by atoms with Crippen molar-refractivity contribution in [2.75, 3.05) is 6.61 Å². The molecule has 1 amide bonds. The summed E-state index contributed by atoms with van der Waals surface area (Å²) in [5.41, 5.74) is 0. The van der Waals surface area contributed by atoms with Crippen LogP contribution in [0.15, 0.2) is 36.5 Å². The van der Waals surface area contributed by atoms with Crippen molar-refractivity contribution in [1.82, 2.24) is 5.32 Å². The maximum atomic E-state index is 12.9. The van der Waals surface area contributed by atoms with E-state index in [1.54, 1.807) is 6.08 Å². The van der Waals surface area contributed by atoms with Crippen LogP contribution in [0.25, 0.3) is 0 Å². The van der Waals surface area contributed by atoms with Crippen molar-refractivity contribution in [3.63, 3.8) is 0 Å². The lowest BCUT2D eigenvalue weighted by Crippen LogP contribution is -2.64. The number of aliphatic hydroxyl groups is 7. The highest BCUT2D eigenvalue weighted by atomic mass is 31.2. The second-order valence-corrected chi connectivity index (χ2v) is 17.8. The van der Waals surface area contributed by atoms with Crippen molar-refractivity contribution in [3.8, 4) is 0 Å². The minimum Gasteiger partial charge on any atom is -0.393 e. The summed E-state index contributed by atoms with van der Waals surface area (Å²) in [6, 6.07) is -1.26. The van der Waals surface area contributed by atoms with Gasteiger partial charge in [-0.3, -0.25) is 13.8 Å². The van der Waals surface area contributed by atoms with E-state index < -0.39 is 75.2 Å². The van der Waals surface area contributed by atoms with Crippen molar-refractivity contribution >= 4 is 13.7 Å². The molecule has 13 nitrogen and oxygen atoms in total. The Morgan fingerprint density at radius 3 is 1.54 bits per heavy atom. The molecule has 346 valence electrons. The molecule has 59 heavy (non-hydrogen) atoms. The molecule has 1 aliphatic rings. The number of aliphatic hydroxyl groups excluding tert-OH is 7. The first-order chi connectivity index (χ1) is 28.3. The number of rotatable bonds is 37. The van der Waals surface area contributed by atoms with Crippen molar-refractivity contribution in [2.24, 2.45) is 0 Å². The van der Waals surface area contributed by atoms with Gasteiger partial charge < -0.3 is 46.0 Å². The van der Waals surface area contributed by atoms with Gasteiger partial charge in [0, 0.05) is 0 Å². The van der Waals surface area contributed by atoms with Gasteiger partial charge in [0.15, 0.2) is 0 Å². The van der Waals surface area contributed by atoms with Crippen molar-refractivity contribution < 1.29 is 59.0 Å². The SMILES string of the molecule is CCCC/C=C\CCCCCC(O)CC(=O)NC(COP(=O)(O)OC1C(O)C(O)C(O)C(O)C1O)C(O)/C=C/CC/C=C/CCCCCCCCCCCCCCCC. The van der Waals surface area contributed by atoms with Crippen LogP contribution in [0, 0.1) is 0 Å². The molecule has 0 aliphatic heterocycles. The first-order valence-electron chi connectivity index (χ1n) is 23.0. The number of allylic oxidation sites excluding steroid dienone is 5. The number of amides is 1. The first-order valence-corrected chi connectivity index (χ1v) is 24.5. The summed E-state index contributed by atoms with van der Waals surface area (Å²) in [7, 11) is -5.15. The number of phosphoric acid groups is 1. The Kier molecular flexibility index (Phi) is 33.0. The van der Waals surface area contributed by atoms with Crippen LogP contribution in [-0.4, -0.2) is 108 Å². The fraction of sp³-hybridized carbons (Fsp3) is 0.844. The van der Waals surface area contributed by atoms with E-state index in [2.05, 4.69) is 43.5 Å². The molecule has 0 aromatic carbocycles. The minimum atomic E-state index is -5.15. The molecule has 1 aliphatic carbocycles. The zero-order valence-electron chi connectivity index (χ0n) is 36.4. The topological polar surface area (TPSA) is 226 Å². The zero-order chi connectivity index (χ0) is 43.7. The average Bonchev–Trinajstić information content (AvgIpc) is 3.21. The van der Waals surface area contributed by atoms with E-state index in [-0.39, 0.29) is 6.42 Å². The molecule has 0 saturated heterocycles. The number of carbonyl (C=O) groups excluding carboxylic acids is 1. The molecule has 1 fully saturated rings. The van der Waals surface area contributed by atoms with Crippen LogP contribution in [0.4, 0.5) is 0 Å². The van der Waals surface area contributed by atoms with Gasteiger partial charge in [-0.15, -0.1) is 0 Å². The molecule has 0 aromatic rings. The Hall–Kier alpha value is -1.48. The Morgan fingerprint density at radius 2 is 1.02 bits per heavy atom. The van der Waals surface area contributed by atoms with Crippen molar-refractivity contribution in [2.45, 2.75) is 236 Å².